The van der Waals surface area contributed by atoms with Crippen LogP contribution in [0.1, 0.15) is 39.4 Å². The number of hydrogen-bond acceptors (Lipinski definition) is 7. The number of alkyl halides is 2. The number of likely N-dealkylation sites (tertiary alicyclic amines) is 1. The van der Waals surface area contributed by atoms with Crippen LogP contribution in [0.4, 0.5) is 14.7 Å². The van der Waals surface area contributed by atoms with Crippen LogP contribution in [0.15, 0.2) is 42.5 Å². The Labute approximate surface area is 228 Å². The molecule has 2 aliphatic rings. The molecule has 2 saturated heterocycles. The Morgan fingerprint density at radius 3 is 2.74 bits per heavy atom. The van der Waals surface area contributed by atoms with Gasteiger partial charge in [-0.1, -0.05) is 12.6 Å². The predicted molar refractivity (Wildman–Crippen MR) is 143 cm³/mol. The summed E-state index contributed by atoms with van der Waals surface area (Å²) < 4.78 is 33.5. The van der Waals surface area contributed by atoms with Crippen molar-refractivity contribution in [2.24, 2.45) is 0 Å². The lowest BCUT2D eigenvalue weighted by molar-refractivity contribution is -0.127. The summed E-state index contributed by atoms with van der Waals surface area (Å²) in [7, 11) is 0. The third-order valence-electron chi connectivity index (χ3n) is 7.04. The normalized spacial score (nSPS) is 18.0. The van der Waals surface area contributed by atoms with Crippen molar-refractivity contribution in [3.05, 3.63) is 57.8 Å². The molecule has 1 atom stereocenters. The molecule has 0 saturated carbocycles. The summed E-state index contributed by atoms with van der Waals surface area (Å²) in [5.41, 5.74) is 2.39. The van der Waals surface area contributed by atoms with E-state index in [0.29, 0.717) is 31.8 Å². The maximum Gasteiger partial charge on any atom is 0.272 e. The van der Waals surface area contributed by atoms with Gasteiger partial charge in [0.25, 0.3) is 18.2 Å². The molecule has 12 heteroatoms. The van der Waals surface area contributed by atoms with E-state index in [-0.39, 0.29) is 27.3 Å². The molecule has 1 N–H and O–H groups in total. The number of ether oxygens (including phenoxy) is 1. The lowest BCUT2D eigenvalue weighted by Crippen LogP contribution is -2.38. The number of thiophene rings is 1. The van der Waals surface area contributed by atoms with Gasteiger partial charge in [0, 0.05) is 32.7 Å². The zero-order valence-corrected chi connectivity index (χ0v) is 22.1. The number of halogens is 2. The molecule has 2 fully saturated rings. The van der Waals surface area contributed by atoms with Gasteiger partial charge >= 0.3 is 0 Å². The first-order valence-electron chi connectivity index (χ1n) is 12.7. The van der Waals surface area contributed by atoms with Crippen LogP contribution in [0.25, 0.3) is 11.0 Å². The summed E-state index contributed by atoms with van der Waals surface area (Å²) in [6.45, 7) is 8.22. The molecular weight excluding hydrogens is 526 g/mol. The number of nitrogens with one attached hydrogen (secondary N) is 1. The topological polar surface area (TPSA) is 103 Å². The first kappa shape index (κ1) is 26.9. The first-order chi connectivity index (χ1) is 18.8. The van der Waals surface area contributed by atoms with Gasteiger partial charge in [-0.2, -0.15) is 5.26 Å². The fourth-order valence-corrected chi connectivity index (χ4v) is 5.81. The largest absolute Gasteiger partial charge is 0.379 e. The van der Waals surface area contributed by atoms with Crippen molar-refractivity contribution in [2.45, 2.75) is 38.4 Å². The Kier molecular flexibility index (Phi) is 8.02. The van der Waals surface area contributed by atoms with Gasteiger partial charge in [-0.3, -0.25) is 19.8 Å². The van der Waals surface area contributed by atoms with Crippen LogP contribution in [0.3, 0.4) is 0 Å². The lowest BCUT2D eigenvalue weighted by Gasteiger charge is -2.26. The number of benzene rings is 1. The van der Waals surface area contributed by atoms with Crippen LogP contribution in [0.5, 0.6) is 0 Å². The number of carbonyl (C=O) groups excluding carboxylic acids is 2. The molecule has 39 heavy (non-hydrogen) atoms. The zero-order valence-electron chi connectivity index (χ0n) is 21.2. The fraction of sp³-hybridized carbons (Fsp3) is 0.407. The van der Waals surface area contributed by atoms with Crippen LogP contribution in [-0.4, -0.2) is 70.1 Å². The van der Waals surface area contributed by atoms with E-state index in [9.17, 15) is 18.4 Å². The zero-order chi connectivity index (χ0) is 27.5. The van der Waals surface area contributed by atoms with E-state index in [1.807, 2.05) is 28.8 Å². The number of imidazole rings is 1. The number of nitrogens with zero attached hydrogens (tertiary/aromatic N) is 5. The Morgan fingerprint density at radius 2 is 2.03 bits per heavy atom. The molecule has 3 aromatic rings. The van der Waals surface area contributed by atoms with Crippen LogP contribution >= 0.6 is 11.3 Å². The summed E-state index contributed by atoms with van der Waals surface area (Å²) in [4.78, 5) is 34.4. The summed E-state index contributed by atoms with van der Waals surface area (Å²) in [6.07, 6.45) is -1.16. The minimum atomic E-state index is -2.65. The van der Waals surface area contributed by atoms with Gasteiger partial charge in [-0.15, -0.1) is 11.3 Å². The van der Waals surface area contributed by atoms with Gasteiger partial charge in [0.15, 0.2) is 0 Å². The SMILES string of the molecule is C=C(C#N)C(=O)N1CCC[C@@H]1Cn1c(NC(=O)c2ccc(C(F)F)s2)nc2cc(CN3CCOCC3)ccc21. The summed E-state index contributed by atoms with van der Waals surface area (Å²) in [6, 6.07) is 10.2. The fourth-order valence-electron chi connectivity index (χ4n) is 5.05. The molecule has 0 radical (unpaired) electrons. The monoisotopic (exact) mass is 554 g/mol. The number of nitriles is 1. The third kappa shape index (κ3) is 5.85. The van der Waals surface area contributed by atoms with Crippen molar-refractivity contribution in [1.29, 1.82) is 5.26 Å². The number of amides is 2. The quantitative estimate of drug-likeness (QED) is 0.331. The standard InChI is InChI=1S/C27H28F2N6O3S/c1-17(14-30)26(37)34-8-2-3-19(34)16-35-21-5-4-18(15-33-9-11-38-12-10-33)13-20(21)31-27(35)32-25(36)23-7-6-22(39-23)24(28)29/h4-7,13,19,24H,1-3,8-12,15-16H2,(H,31,32,36)/t19-/m1/s1. The molecule has 0 bridgehead atoms. The van der Waals surface area contributed by atoms with Gasteiger partial charge in [0.2, 0.25) is 5.95 Å². The summed E-state index contributed by atoms with van der Waals surface area (Å²) in [5, 5.41) is 12.0. The van der Waals surface area contributed by atoms with Crippen molar-refractivity contribution in [3.63, 3.8) is 0 Å². The summed E-state index contributed by atoms with van der Waals surface area (Å²) >= 11 is 0.738. The highest BCUT2D eigenvalue weighted by Crippen LogP contribution is 2.30. The molecule has 5 rings (SSSR count). The predicted octanol–water partition coefficient (Wildman–Crippen LogP) is 4.19. The molecule has 4 heterocycles. The van der Waals surface area contributed by atoms with Gasteiger partial charge in [-0.05, 0) is 42.7 Å². The molecular formula is C27H28F2N6O3S. The molecule has 2 aliphatic heterocycles. The van der Waals surface area contributed by atoms with Crippen molar-refractivity contribution in [3.8, 4) is 6.07 Å². The first-order valence-corrected chi connectivity index (χ1v) is 13.5. The Bertz CT molecular complexity index is 1440. The molecule has 2 aromatic heterocycles. The summed E-state index contributed by atoms with van der Waals surface area (Å²) in [5.74, 6) is -0.668. The Morgan fingerprint density at radius 1 is 1.23 bits per heavy atom. The van der Waals surface area contributed by atoms with E-state index < -0.39 is 18.2 Å². The van der Waals surface area contributed by atoms with Gasteiger partial charge in [0.1, 0.15) is 11.6 Å². The number of fused-ring (bicyclic) bond motifs is 1. The maximum absolute atomic E-state index is 13.1. The molecule has 2 amide bonds. The minimum Gasteiger partial charge on any atom is -0.379 e. The Balaban J connectivity index is 1.45. The number of hydrogen-bond donors (Lipinski definition) is 1. The number of morpholine rings is 1. The van der Waals surface area contributed by atoms with Crippen molar-refractivity contribution < 1.29 is 23.1 Å². The van der Waals surface area contributed by atoms with Crippen molar-refractivity contribution in [2.75, 3.05) is 38.2 Å². The van der Waals surface area contributed by atoms with Gasteiger partial charge < -0.3 is 14.2 Å². The van der Waals surface area contributed by atoms with Crippen LogP contribution < -0.4 is 5.32 Å². The van der Waals surface area contributed by atoms with E-state index in [1.54, 1.807) is 4.90 Å². The number of rotatable bonds is 8. The minimum absolute atomic E-state index is 0.119. The van der Waals surface area contributed by atoms with Gasteiger partial charge in [-0.25, -0.2) is 13.8 Å². The number of carbonyl (C=O) groups is 2. The van der Waals surface area contributed by atoms with Gasteiger partial charge in [0.05, 0.1) is 40.0 Å². The van der Waals surface area contributed by atoms with E-state index in [1.165, 1.54) is 12.1 Å². The maximum atomic E-state index is 13.1. The average molecular weight is 555 g/mol. The molecule has 0 spiro atoms. The second-order valence-corrected chi connectivity index (χ2v) is 10.7. The van der Waals surface area contributed by atoms with Crippen molar-refractivity contribution >= 4 is 40.1 Å². The molecule has 0 unspecified atom stereocenters. The van der Waals surface area contributed by atoms with Crippen LogP contribution in [-0.2, 0) is 22.6 Å². The molecule has 0 aliphatic carbocycles. The third-order valence-corrected chi connectivity index (χ3v) is 8.13. The van der Waals surface area contributed by atoms with Crippen molar-refractivity contribution in [1.82, 2.24) is 19.4 Å². The van der Waals surface area contributed by atoms with E-state index in [2.05, 4.69) is 16.8 Å². The molecule has 204 valence electrons. The number of anilines is 1. The second kappa shape index (κ2) is 11.6. The second-order valence-electron chi connectivity index (χ2n) is 9.60. The molecule has 9 nitrogen and oxygen atoms in total. The van der Waals surface area contributed by atoms with Crippen LogP contribution in [0, 0.1) is 11.3 Å². The highest BCUT2D eigenvalue weighted by molar-refractivity contribution is 7.14. The highest BCUT2D eigenvalue weighted by atomic mass is 32.1. The Hall–Kier alpha value is -3.66. The van der Waals surface area contributed by atoms with Crippen LogP contribution in [0.2, 0.25) is 0 Å². The highest BCUT2D eigenvalue weighted by Gasteiger charge is 2.31. The van der Waals surface area contributed by atoms with E-state index in [4.69, 9.17) is 15.0 Å². The molecule has 1 aromatic carbocycles. The smallest absolute Gasteiger partial charge is 0.272 e. The van der Waals surface area contributed by atoms with E-state index >= 15 is 0 Å². The average Bonchev–Trinajstić information content (AvgIpc) is 3.68. The van der Waals surface area contributed by atoms with E-state index in [0.717, 1.165) is 54.9 Å². The lowest BCUT2D eigenvalue weighted by atomic mass is 10.1. The number of aromatic nitrogens is 2.